The molecule has 3 aromatic carbocycles. The van der Waals surface area contributed by atoms with E-state index >= 15 is 0 Å². The molecule has 0 aliphatic heterocycles. The Morgan fingerprint density at radius 1 is 0.844 bits per heavy atom. The van der Waals surface area contributed by atoms with E-state index in [9.17, 15) is 0 Å². The van der Waals surface area contributed by atoms with Crippen molar-refractivity contribution < 1.29 is 0 Å². The molecule has 3 aromatic rings. The van der Waals surface area contributed by atoms with E-state index in [4.69, 9.17) is 0 Å². The van der Waals surface area contributed by atoms with E-state index in [1.807, 2.05) is 0 Å². The minimum absolute atomic E-state index is 0.212. The number of hydrogen-bond donors (Lipinski definition) is 0. The standard InChI is InChI=1S/C32H26/c1-22-17-18-27-25(19-22)20-28-30(27)29(23-11-5-3-6-12-23)21-32(2,26-15-7-4-8-16-26)31(28)24-13-9-10-14-24/h3-13,15-21H,14H2,1-2H3. The van der Waals surface area contributed by atoms with Crippen LogP contribution in [-0.2, 0) is 5.41 Å². The molecule has 0 heteroatoms. The number of rotatable bonds is 3. The van der Waals surface area contributed by atoms with Crippen LogP contribution >= 0.6 is 0 Å². The molecule has 3 aliphatic rings. The summed E-state index contributed by atoms with van der Waals surface area (Å²) in [5, 5.41) is 2.68. The Kier molecular flexibility index (Phi) is 4.30. The SMILES string of the molecule is Cc1ccc2c(c1)=CC1=C(C3=CC=CC3)C(C)(c3ccccc3)C=C(c3ccccc3)C=21. The molecule has 0 radical (unpaired) electrons. The van der Waals surface area contributed by atoms with Gasteiger partial charge in [-0.15, -0.1) is 0 Å². The van der Waals surface area contributed by atoms with E-state index in [1.54, 1.807) is 0 Å². The number of hydrogen-bond acceptors (Lipinski definition) is 0. The van der Waals surface area contributed by atoms with E-state index in [-0.39, 0.29) is 5.41 Å². The van der Waals surface area contributed by atoms with E-state index in [0.29, 0.717) is 0 Å². The highest BCUT2D eigenvalue weighted by Crippen LogP contribution is 2.51. The number of allylic oxidation sites excluding steroid dienone is 8. The largest absolute Gasteiger partial charge is 0.0801 e. The highest BCUT2D eigenvalue weighted by molar-refractivity contribution is 6.13. The highest BCUT2D eigenvalue weighted by Gasteiger charge is 2.39. The predicted molar refractivity (Wildman–Crippen MR) is 135 cm³/mol. The Morgan fingerprint density at radius 2 is 1.59 bits per heavy atom. The van der Waals surface area contributed by atoms with Crippen LogP contribution < -0.4 is 10.4 Å². The summed E-state index contributed by atoms with van der Waals surface area (Å²) < 4.78 is 0. The van der Waals surface area contributed by atoms with Crippen molar-refractivity contribution in [1.82, 2.24) is 0 Å². The average Bonchev–Trinajstić information content (AvgIpc) is 3.47. The Bertz CT molecular complexity index is 1470. The Labute approximate surface area is 189 Å². The third-order valence-corrected chi connectivity index (χ3v) is 7.09. The van der Waals surface area contributed by atoms with Gasteiger partial charge in [-0.2, -0.15) is 0 Å². The van der Waals surface area contributed by atoms with Gasteiger partial charge in [0.25, 0.3) is 0 Å². The van der Waals surface area contributed by atoms with Crippen molar-refractivity contribution in [2.24, 2.45) is 0 Å². The quantitative estimate of drug-likeness (QED) is 0.484. The second-order valence-electron chi connectivity index (χ2n) is 9.22. The van der Waals surface area contributed by atoms with Crippen LogP contribution in [0.1, 0.15) is 30.0 Å². The van der Waals surface area contributed by atoms with Gasteiger partial charge in [0.1, 0.15) is 0 Å². The van der Waals surface area contributed by atoms with Crippen LogP contribution in [0.15, 0.2) is 120 Å². The van der Waals surface area contributed by atoms with Crippen molar-refractivity contribution in [3.8, 4) is 0 Å². The summed E-state index contributed by atoms with van der Waals surface area (Å²) in [6, 6.07) is 28.8. The predicted octanol–water partition coefficient (Wildman–Crippen LogP) is 6.18. The molecule has 0 N–H and O–H groups in total. The van der Waals surface area contributed by atoms with Crippen molar-refractivity contribution in [3.63, 3.8) is 0 Å². The topological polar surface area (TPSA) is 0 Å². The Hall–Kier alpha value is -3.64. The second-order valence-corrected chi connectivity index (χ2v) is 9.22. The fourth-order valence-corrected chi connectivity index (χ4v) is 5.60. The molecule has 3 aliphatic carbocycles. The van der Waals surface area contributed by atoms with Gasteiger partial charge in [0.15, 0.2) is 0 Å². The summed E-state index contributed by atoms with van der Waals surface area (Å²) in [5.74, 6) is 0. The van der Waals surface area contributed by atoms with Crippen LogP contribution in [0.5, 0.6) is 0 Å². The lowest BCUT2D eigenvalue weighted by Crippen LogP contribution is -2.29. The summed E-state index contributed by atoms with van der Waals surface area (Å²) in [5.41, 5.74) is 10.7. The lowest BCUT2D eigenvalue weighted by molar-refractivity contribution is 0.703. The van der Waals surface area contributed by atoms with Gasteiger partial charge in [0.2, 0.25) is 0 Å². The van der Waals surface area contributed by atoms with Gasteiger partial charge in [-0.3, -0.25) is 0 Å². The highest BCUT2D eigenvalue weighted by atomic mass is 14.4. The monoisotopic (exact) mass is 410 g/mol. The molecule has 6 rings (SSSR count). The zero-order valence-electron chi connectivity index (χ0n) is 18.6. The Morgan fingerprint density at radius 3 is 2.31 bits per heavy atom. The van der Waals surface area contributed by atoms with E-state index in [1.165, 1.54) is 55.0 Å². The van der Waals surface area contributed by atoms with Crippen LogP contribution in [0, 0.1) is 6.92 Å². The van der Waals surface area contributed by atoms with Crippen LogP contribution in [-0.4, -0.2) is 0 Å². The molecule has 0 heterocycles. The zero-order valence-corrected chi connectivity index (χ0v) is 18.6. The van der Waals surface area contributed by atoms with Gasteiger partial charge in [0, 0.05) is 5.41 Å². The first-order valence-electron chi connectivity index (χ1n) is 11.4. The molecule has 32 heavy (non-hydrogen) atoms. The molecular weight excluding hydrogens is 384 g/mol. The first kappa shape index (κ1) is 19.1. The van der Waals surface area contributed by atoms with Crippen LogP contribution in [0.25, 0.3) is 17.2 Å². The first-order valence-corrected chi connectivity index (χ1v) is 11.4. The molecule has 0 fully saturated rings. The maximum absolute atomic E-state index is 2.52. The zero-order chi connectivity index (χ0) is 21.7. The smallest absolute Gasteiger partial charge is 0.0371 e. The van der Waals surface area contributed by atoms with Crippen molar-refractivity contribution in [3.05, 3.63) is 147 Å². The minimum atomic E-state index is -0.212. The van der Waals surface area contributed by atoms with Gasteiger partial charge in [-0.25, -0.2) is 0 Å². The van der Waals surface area contributed by atoms with Gasteiger partial charge in [-0.1, -0.05) is 109 Å². The van der Waals surface area contributed by atoms with Crippen LogP contribution in [0.2, 0.25) is 0 Å². The van der Waals surface area contributed by atoms with Gasteiger partial charge in [-0.05, 0) is 75.8 Å². The fraction of sp³-hybridized carbons (Fsp3) is 0.125. The summed E-state index contributed by atoms with van der Waals surface area (Å²) in [6.07, 6.45) is 12.7. The molecular formula is C32H26. The van der Waals surface area contributed by atoms with Crippen molar-refractivity contribution >= 4 is 17.2 Å². The van der Waals surface area contributed by atoms with E-state index in [2.05, 4.69) is 123 Å². The minimum Gasteiger partial charge on any atom is -0.0801 e. The number of benzene rings is 3. The van der Waals surface area contributed by atoms with Gasteiger partial charge < -0.3 is 0 Å². The summed E-state index contributed by atoms with van der Waals surface area (Å²) in [7, 11) is 0. The molecule has 0 saturated carbocycles. The normalized spacial score (nSPS) is 21.1. The van der Waals surface area contributed by atoms with Crippen molar-refractivity contribution in [2.75, 3.05) is 0 Å². The molecule has 1 unspecified atom stereocenters. The van der Waals surface area contributed by atoms with Crippen LogP contribution in [0.3, 0.4) is 0 Å². The molecule has 0 spiro atoms. The fourth-order valence-electron chi connectivity index (χ4n) is 5.60. The average molecular weight is 411 g/mol. The molecule has 154 valence electrons. The summed E-state index contributed by atoms with van der Waals surface area (Å²) in [4.78, 5) is 0. The van der Waals surface area contributed by atoms with Gasteiger partial charge >= 0.3 is 0 Å². The van der Waals surface area contributed by atoms with E-state index < -0.39 is 0 Å². The maximum Gasteiger partial charge on any atom is 0.0371 e. The second kappa shape index (κ2) is 7.21. The van der Waals surface area contributed by atoms with Crippen LogP contribution in [0.4, 0.5) is 0 Å². The first-order chi connectivity index (χ1) is 15.6. The molecule has 0 bridgehead atoms. The molecule has 0 nitrogen and oxygen atoms in total. The molecule has 0 saturated heterocycles. The third kappa shape index (κ3) is 2.83. The Balaban J connectivity index is 1.75. The third-order valence-electron chi connectivity index (χ3n) is 7.09. The lowest BCUT2D eigenvalue weighted by Gasteiger charge is -2.38. The number of aryl methyl sites for hydroxylation is 1. The summed E-state index contributed by atoms with van der Waals surface area (Å²) >= 11 is 0. The molecule has 0 amide bonds. The molecule has 1 atom stereocenters. The van der Waals surface area contributed by atoms with Gasteiger partial charge in [0.05, 0.1) is 0 Å². The number of fused-ring (bicyclic) bond motifs is 2. The maximum atomic E-state index is 2.52. The molecule has 0 aromatic heterocycles. The summed E-state index contributed by atoms with van der Waals surface area (Å²) in [6.45, 7) is 4.58. The lowest BCUT2D eigenvalue weighted by atomic mass is 9.64. The van der Waals surface area contributed by atoms with Crippen molar-refractivity contribution in [1.29, 1.82) is 0 Å². The van der Waals surface area contributed by atoms with Crippen molar-refractivity contribution in [2.45, 2.75) is 25.7 Å². The van der Waals surface area contributed by atoms with E-state index in [0.717, 1.165) is 6.42 Å².